The lowest BCUT2D eigenvalue weighted by Gasteiger charge is -2.11. The molecule has 3 aromatic heterocycles. The summed E-state index contributed by atoms with van der Waals surface area (Å²) >= 11 is 3.56. The molecule has 0 aromatic carbocycles. The second-order valence-electron chi connectivity index (χ2n) is 5.68. The summed E-state index contributed by atoms with van der Waals surface area (Å²) in [6, 6.07) is 0. The lowest BCUT2D eigenvalue weighted by molar-refractivity contribution is 0.564. The third-order valence-corrected chi connectivity index (χ3v) is 6.28. The number of aromatic nitrogens is 6. The van der Waals surface area contributed by atoms with E-state index < -0.39 is 0 Å². The molecule has 1 aliphatic rings. The normalized spacial score (nSPS) is 14.3. The average molecular weight is 346 g/mol. The standard InChI is InChI=1S/C15H18N6S2/c1-2-7-21-12(18-19-20-21)8-22-14-13-10-5-3-4-6-11(10)23-15(13)17-9-16-14/h9H,2-8H2,1H3. The van der Waals surface area contributed by atoms with Crippen molar-refractivity contribution in [2.45, 2.75) is 56.4 Å². The zero-order valence-electron chi connectivity index (χ0n) is 13.0. The van der Waals surface area contributed by atoms with E-state index in [2.05, 4.69) is 32.4 Å². The Labute approximate surface area is 142 Å². The van der Waals surface area contributed by atoms with E-state index in [1.54, 1.807) is 18.1 Å². The van der Waals surface area contributed by atoms with Gasteiger partial charge in [0.25, 0.3) is 0 Å². The largest absolute Gasteiger partial charge is 0.229 e. The summed E-state index contributed by atoms with van der Waals surface area (Å²) in [7, 11) is 0. The van der Waals surface area contributed by atoms with Crippen LogP contribution in [-0.4, -0.2) is 30.2 Å². The van der Waals surface area contributed by atoms with Crippen LogP contribution in [0.5, 0.6) is 0 Å². The number of rotatable bonds is 5. The summed E-state index contributed by atoms with van der Waals surface area (Å²) in [4.78, 5) is 11.7. The first kappa shape index (κ1) is 15.0. The zero-order valence-corrected chi connectivity index (χ0v) is 14.7. The van der Waals surface area contributed by atoms with Crippen molar-refractivity contribution in [1.82, 2.24) is 30.2 Å². The number of thiophene rings is 1. The van der Waals surface area contributed by atoms with Gasteiger partial charge in [-0.25, -0.2) is 14.6 Å². The molecule has 3 aromatic rings. The topological polar surface area (TPSA) is 69.4 Å². The molecule has 0 fully saturated rings. The van der Waals surface area contributed by atoms with Gasteiger partial charge in [-0.3, -0.25) is 0 Å². The van der Waals surface area contributed by atoms with Crippen molar-refractivity contribution in [2.75, 3.05) is 0 Å². The number of thioether (sulfide) groups is 1. The van der Waals surface area contributed by atoms with Crippen LogP contribution in [0.25, 0.3) is 10.2 Å². The van der Waals surface area contributed by atoms with Gasteiger partial charge in [-0.2, -0.15) is 0 Å². The molecule has 0 radical (unpaired) electrons. The fourth-order valence-corrected chi connectivity index (χ4v) is 5.27. The summed E-state index contributed by atoms with van der Waals surface area (Å²) in [5.74, 6) is 1.65. The highest BCUT2D eigenvalue weighted by molar-refractivity contribution is 7.98. The molecule has 23 heavy (non-hydrogen) atoms. The average Bonchev–Trinajstić information content (AvgIpc) is 3.17. The van der Waals surface area contributed by atoms with Crippen LogP contribution >= 0.6 is 23.1 Å². The molecule has 6 nitrogen and oxygen atoms in total. The third kappa shape index (κ3) is 2.85. The first-order valence-electron chi connectivity index (χ1n) is 8.00. The SMILES string of the molecule is CCCn1nnnc1CSc1ncnc2sc3c(c12)CCCC3. The molecular weight excluding hydrogens is 328 g/mol. The van der Waals surface area contributed by atoms with Gasteiger partial charge in [-0.15, -0.1) is 16.4 Å². The van der Waals surface area contributed by atoms with E-state index in [0.29, 0.717) is 0 Å². The van der Waals surface area contributed by atoms with Crippen molar-refractivity contribution in [3.63, 3.8) is 0 Å². The lowest BCUT2D eigenvalue weighted by atomic mass is 9.97. The second kappa shape index (κ2) is 6.52. The van der Waals surface area contributed by atoms with Gasteiger partial charge in [0.1, 0.15) is 16.2 Å². The minimum Gasteiger partial charge on any atom is -0.229 e. The number of fused-ring (bicyclic) bond motifs is 3. The molecule has 0 atom stereocenters. The van der Waals surface area contributed by atoms with E-state index in [1.807, 2.05) is 16.0 Å². The Balaban J connectivity index is 1.64. The number of hydrogen-bond donors (Lipinski definition) is 0. The predicted molar refractivity (Wildman–Crippen MR) is 91.7 cm³/mol. The Hall–Kier alpha value is -1.54. The first-order valence-corrected chi connectivity index (χ1v) is 9.80. The van der Waals surface area contributed by atoms with Gasteiger partial charge in [0, 0.05) is 16.8 Å². The summed E-state index contributed by atoms with van der Waals surface area (Å²) in [5.41, 5.74) is 1.48. The van der Waals surface area contributed by atoms with Crippen LogP contribution in [0, 0.1) is 0 Å². The minimum absolute atomic E-state index is 0.740. The summed E-state index contributed by atoms with van der Waals surface area (Å²) in [6.07, 6.45) is 7.62. The maximum Gasteiger partial charge on any atom is 0.161 e. The van der Waals surface area contributed by atoms with Gasteiger partial charge < -0.3 is 0 Å². The van der Waals surface area contributed by atoms with Crippen LogP contribution in [0.3, 0.4) is 0 Å². The van der Waals surface area contributed by atoms with Crippen molar-refractivity contribution in [3.05, 3.63) is 22.6 Å². The summed E-state index contributed by atoms with van der Waals surface area (Å²) < 4.78 is 1.88. The van der Waals surface area contributed by atoms with Crippen LogP contribution in [0.15, 0.2) is 11.4 Å². The Morgan fingerprint density at radius 3 is 3.09 bits per heavy atom. The maximum atomic E-state index is 4.54. The van der Waals surface area contributed by atoms with E-state index in [9.17, 15) is 0 Å². The maximum absolute atomic E-state index is 4.54. The van der Waals surface area contributed by atoms with Crippen molar-refractivity contribution in [1.29, 1.82) is 0 Å². The Morgan fingerprint density at radius 2 is 2.17 bits per heavy atom. The number of hydrogen-bond acceptors (Lipinski definition) is 7. The molecule has 1 aliphatic carbocycles. The molecule has 120 valence electrons. The monoisotopic (exact) mass is 346 g/mol. The predicted octanol–water partition coefficient (Wildman–Crippen LogP) is 3.26. The van der Waals surface area contributed by atoms with Gasteiger partial charge >= 0.3 is 0 Å². The summed E-state index contributed by atoms with van der Waals surface area (Å²) in [6.45, 7) is 2.99. The lowest BCUT2D eigenvalue weighted by Crippen LogP contribution is -2.04. The van der Waals surface area contributed by atoms with Crippen LogP contribution in [0.2, 0.25) is 0 Å². The quantitative estimate of drug-likeness (QED) is 0.522. The summed E-state index contributed by atoms with van der Waals surface area (Å²) in [5, 5.41) is 14.3. The van der Waals surface area contributed by atoms with Gasteiger partial charge in [0.2, 0.25) is 0 Å². The van der Waals surface area contributed by atoms with E-state index in [-0.39, 0.29) is 0 Å². The van der Waals surface area contributed by atoms with E-state index in [1.165, 1.54) is 35.1 Å². The molecular formula is C15H18N6S2. The number of tetrazole rings is 1. The smallest absolute Gasteiger partial charge is 0.161 e. The highest BCUT2D eigenvalue weighted by atomic mass is 32.2. The molecule has 0 aliphatic heterocycles. The second-order valence-corrected chi connectivity index (χ2v) is 7.72. The van der Waals surface area contributed by atoms with Gasteiger partial charge in [-0.05, 0) is 48.1 Å². The highest BCUT2D eigenvalue weighted by Gasteiger charge is 2.20. The number of nitrogens with zero attached hydrogens (tertiary/aromatic N) is 6. The van der Waals surface area contributed by atoms with Crippen LogP contribution in [-0.2, 0) is 25.1 Å². The zero-order chi connectivity index (χ0) is 15.6. The molecule has 0 bridgehead atoms. The molecule has 0 spiro atoms. The van der Waals surface area contributed by atoms with Crippen molar-refractivity contribution in [3.8, 4) is 0 Å². The molecule has 0 amide bonds. The molecule has 0 unspecified atom stereocenters. The minimum atomic E-state index is 0.740. The van der Waals surface area contributed by atoms with Crippen molar-refractivity contribution < 1.29 is 0 Å². The highest BCUT2D eigenvalue weighted by Crippen LogP contribution is 2.39. The molecule has 0 saturated carbocycles. The van der Waals surface area contributed by atoms with E-state index in [4.69, 9.17) is 0 Å². The fraction of sp³-hybridized carbons (Fsp3) is 0.533. The molecule has 4 rings (SSSR count). The first-order chi connectivity index (χ1) is 11.4. The van der Waals surface area contributed by atoms with Crippen LogP contribution < -0.4 is 0 Å². The molecule has 0 saturated heterocycles. The van der Waals surface area contributed by atoms with Gasteiger partial charge in [0.05, 0.1) is 5.75 Å². The molecule has 3 heterocycles. The van der Waals surface area contributed by atoms with Crippen molar-refractivity contribution >= 4 is 33.3 Å². The number of aryl methyl sites for hydroxylation is 3. The molecule has 0 N–H and O–H groups in total. The van der Waals surface area contributed by atoms with Crippen LogP contribution in [0.4, 0.5) is 0 Å². The van der Waals surface area contributed by atoms with E-state index >= 15 is 0 Å². The van der Waals surface area contributed by atoms with E-state index in [0.717, 1.165) is 40.8 Å². The Bertz CT molecular complexity index is 825. The Morgan fingerprint density at radius 1 is 1.26 bits per heavy atom. The van der Waals surface area contributed by atoms with Crippen molar-refractivity contribution in [2.24, 2.45) is 0 Å². The Kier molecular flexibility index (Phi) is 4.26. The van der Waals surface area contributed by atoms with Gasteiger partial charge in [0.15, 0.2) is 5.82 Å². The van der Waals surface area contributed by atoms with Gasteiger partial charge in [-0.1, -0.05) is 18.7 Å². The third-order valence-electron chi connectivity index (χ3n) is 4.10. The molecule has 8 heteroatoms. The fourth-order valence-electron chi connectivity index (χ4n) is 3.02. The van der Waals surface area contributed by atoms with Crippen LogP contribution in [0.1, 0.15) is 42.5 Å².